The zero-order valence-corrected chi connectivity index (χ0v) is 7.81. The van der Waals surface area contributed by atoms with Crippen molar-refractivity contribution in [2.24, 2.45) is 5.92 Å². The van der Waals surface area contributed by atoms with Crippen molar-refractivity contribution in [2.45, 2.75) is 6.42 Å². The average molecular weight is 188 g/mol. The van der Waals surface area contributed by atoms with Gasteiger partial charge in [-0.25, -0.2) is 0 Å². The largest absolute Gasteiger partial charge is 0.355 e. The lowest BCUT2D eigenvalue weighted by Crippen LogP contribution is -2.13. The number of hydrogen-bond acceptors (Lipinski definition) is 2. The highest BCUT2D eigenvalue weighted by Gasteiger charge is 2.18. The van der Waals surface area contributed by atoms with Gasteiger partial charge in [-0.3, -0.25) is 9.78 Å². The summed E-state index contributed by atoms with van der Waals surface area (Å²) >= 11 is 0. The molecule has 0 radical (unpaired) electrons. The minimum Gasteiger partial charge on any atom is -0.355 e. The van der Waals surface area contributed by atoms with E-state index >= 15 is 0 Å². The third-order valence-corrected chi connectivity index (χ3v) is 2.25. The minimum atomic E-state index is 0.144. The zero-order valence-electron chi connectivity index (χ0n) is 7.81. The highest BCUT2D eigenvalue weighted by atomic mass is 16.1. The van der Waals surface area contributed by atoms with E-state index in [-0.39, 0.29) is 5.91 Å². The fraction of sp³-hybridized carbons (Fsp3) is 0.273. The van der Waals surface area contributed by atoms with Crippen LogP contribution in [-0.4, -0.2) is 17.4 Å². The van der Waals surface area contributed by atoms with Crippen LogP contribution in [0.3, 0.4) is 0 Å². The van der Waals surface area contributed by atoms with Crippen LogP contribution < -0.4 is 5.32 Å². The molecule has 3 heteroatoms. The van der Waals surface area contributed by atoms with E-state index in [0.717, 1.165) is 12.1 Å². The van der Waals surface area contributed by atoms with Crippen molar-refractivity contribution >= 4 is 12.0 Å². The van der Waals surface area contributed by atoms with Crippen LogP contribution >= 0.6 is 0 Å². The van der Waals surface area contributed by atoms with E-state index in [9.17, 15) is 4.79 Å². The van der Waals surface area contributed by atoms with Gasteiger partial charge in [0.25, 0.3) is 0 Å². The number of nitrogens with zero attached hydrogens (tertiary/aromatic N) is 1. The van der Waals surface area contributed by atoms with Crippen LogP contribution in [0.5, 0.6) is 0 Å². The molecule has 0 spiro atoms. The molecule has 0 aliphatic carbocycles. The molecule has 2 heterocycles. The summed E-state index contributed by atoms with van der Waals surface area (Å²) in [5.74, 6) is 0.480. The lowest BCUT2D eigenvalue weighted by Gasteiger charge is -1.97. The van der Waals surface area contributed by atoms with Crippen LogP contribution in [0.1, 0.15) is 12.0 Å². The van der Waals surface area contributed by atoms with Crippen LogP contribution in [0.15, 0.2) is 30.6 Å². The fourth-order valence-electron chi connectivity index (χ4n) is 1.49. The summed E-state index contributed by atoms with van der Waals surface area (Å²) in [6, 6.07) is 3.89. The number of carbonyl (C=O) groups excluding carboxylic acids is 1. The first-order valence-corrected chi connectivity index (χ1v) is 4.69. The number of aromatic nitrogens is 1. The predicted octanol–water partition coefficient (Wildman–Crippen LogP) is 1.23. The summed E-state index contributed by atoms with van der Waals surface area (Å²) in [5, 5.41) is 2.80. The Morgan fingerprint density at radius 3 is 3.14 bits per heavy atom. The fourth-order valence-corrected chi connectivity index (χ4v) is 1.49. The van der Waals surface area contributed by atoms with Gasteiger partial charge in [0.1, 0.15) is 0 Å². The van der Waals surface area contributed by atoms with Crippen LogP contribution in [0.4, 0.5) is 0 Å². The second-order valence-electron chi connectivity index (χ2n) is 3.41. The number of hydrogen-bond donors (Lipinski definition) is 1. The van der Waals surface area contributed by atoms with Gasteiger partial charge in [-0.2, -0.15) is 0 Å². The Balaban J connectivity index is 1.97. The topological polar surface area (TPSA) is 42.0 Å². The maximum Gasteiger partial charge on any atom is 0.220 e. The van der Waals surface area contributed by atoms with E-state index in [1.165, 1.54) is 0 Å². The molecular weight excluding hydrogens is 176 g/mol. The molecule has 1 aliphatic heterocycles. The summed E-state index contributed by atoms with van der Waals surface area (Å²) in [5.41, 5.74) is 1.08. The van der Waals surface area contributed by atoms with Crippen molar-refractivity contribution in [3.63, 3.8) is 0 Å². The van der Waals surface area contributed by atoms with Crippen molar-refractivity contribution < 1.29 is 4.79 Å². The molecule has 1 atom stereocenters. The molecule has 0 aromatic carbocycles. The van der Waals surface area contributed by atoms with Gasteiger partial charge in [0.05, 0.1) is 0 Å². The Morgan fingerprint density at radius 1 is 1.57 bits per heavy atom. The molecule has 1 fully saturated rings. The smallest absolute Gasteiger partial charge is 0.220 e. The second kappa shape index (κ2) is 4.05. The molecule has 2 rings (SSSR count). The van der Waals surface area contributed by atoms with E-state index in [4.69, 9.17) is 0 Å². The lowest BCUT2D eigenvalue weighted by atomic mass is 10.1. The van der Waals surface area contributed by atoms with Gasteiger partial charge in [-0.05, 0) is 11.6 Å². The Morgan fingerprint density at radius 2 is 2.50 bits per heavy atom. The molecule has 1 unspecified atom stereocenters. The first kappa shape index (κ1) is 8.94. The molecule has 1 amide bonds. The van der Waals surface area contributed by atoms with E-state index in [1.54, 1.807) is 12.4 Å². The summed E-state index contributed by atoms with van der Waals surface area (Å²) in [6.45, 7) is 0.760. The Hall–Kier alpha value is -1.64. The van der Waals surface area contributed by atoms with Gasteiger partial charge < -0.3 is 5.32 Å². The SMILES string of the molecule is O=C1CC(/C=C/c2cccnc2)CN1. The average Bonchev–Trinajstić information content (AvgIpc) is 2.63. The summed E-state index contributed by atoms with van der Waals surface area (Å²) in [6.07, 6.45) is 8.24. The molecule has 1 aromatic heterocycles. The summed E-state index contributed by atoms with van der Waals surface area (Å²) < 4.78 is 0. The number of nitrogens with one attached hydrogen (secondary N) is 1. The minimum absolute atomic E-state index is 0.144. The maximum atomic E-state index is 10.9. The molecule has 3 nitrogen and oxygen atoms in total. The van der Waals surface area contributed by atoms with Crippen molar-refractivity contribution in [1.82, 2.24) is 10.3 Å². The normalized spacial score (nSPS) is 21.4. The molecule has 1 aromatic rings. The number of amides is 1. The second-order valence-corrected chi connectivity index (χ2v) is 3.41. The van der Waals surface area contributed by atoms with Crippen LogP contribution in [0.25, 0.3) is 6.08 Å². The van der Waals surface area contributed by atoms with E-state index < -0.39 is 0 Å². The lowest BCUT2D eigenvalue weighted by molar-refractivity contribution is -0.119. The van der Waals surface area contributed by atoms with Crippen molar-refractivity contribution in [2.75, 3.05) is 6.54 Å². The third kappa shape index (κ3) is 2.19. The van der Waals surface area contributed by atoms with Gasteiger partial charge in [0, 0.05) is 31.3 Å². The Kier molecular flexibility index (Phi) is 2.58. The molecule has 0 saturated carbocycles. The van der Waals surface area contributed by atoms with Crippen LogP contribution in [0, 0.1) is 5.92 Å². The zero-order chi connectivity index (χ0) is 9.80. The van der Waals surface area contributed by atoms with Crippen LogP contribution in [-0.2, 0) is 4.79 Å². The number of pyridine rings is 1. The molecule has 72 valence electrons. The highest BCUT2D eigenvalue weighted by Crippen LogP contribution is 2.12. The standard InChI is InChI=1S/C11H12N2O/c14-11-6-10(8-13-11)4-3-9-2-1-5-12-7-9/h1-5,7,10H,6,8H2,(H,13,14)/b4-3+. The number of carbonyl (C=O) groups is 1. The van der Waals surface area contributed by atoms with E-state index in [0.29, 0.717) is 12.3 Å². The molecular formula is C11H12N2O. The molecule has 1 N–H and O–H groups in total. The molecule has 14 heavy (non-hydrogen) atoms. The first-order chi connectivity index (χ1) is 6.84. The van der Waals surface area contributed by atoms with Crippen molar-refractivity contribution in [3.05, 3.63) is 36.2 Å². The molecule has 1 aliphatic rings. The Labute approximate surface area is 82.9 Å². The monoisotopic (exact) mass is 188 g/mol. The molecule has 1 saturated heterocycles. The summed E-state index contributed by atoms with van der Waals surface area (Å²) in [4.78, 5) is 14.9. The maximum absolute atomic E-state index is 10.9. The first-order valence-electron chi connectivity index (χ1n) is 4.69. The molecule has 0 bridgehead atoms. The van der Waals surface area contributed by atoms with Gasteiger partial charge in [0.15, 0.2) is 0 Å². The van der Waals surface area contributed by atoms with Crippen molar-refractivity contribution in [3.8, 4) is 0 Å². The highest BCUT2D eigenvalue weighted by molar-refractivity contribution is 5.78. The number of rotatable bonds is 2. The quantitative estimate of drug-likeness (QED) is 0.758. The third-order valence-electron chi connectivity index (χ3n) is 2.25. The summed E-state index contributed by atoms with van der Waals surface area (Å²) in [7, 11) is 0. The van der Waals surface area contributed by atoms with Crippen LogP contribution in [0.2, 0.25) is 0 Å². The van der Waals surface area contributed by atoms with Crippen molar-refractivity contribution in [1.29, 1.82) is 0 Å². The Bertz CT molecular complexity index is 346. The van der Waals surface area contributed by atoms with Gasteiger partial charge in [-0.1, -0.05) is 18.2 Å². The van der Waals surface area contributed by atoms with E-state index in [1.807, 2.05) is 18.2 Å². The van der Waals surface area contributed by atoms with Gasteiger partial charge in [-0.15, -0.1) is 0 Å². The van der Waals surface area contributed by atoms with Gasteiger partial charge in [0.2, 0.25) is 5.91 Å². The van der Waals surface area contributed by atoms with Gasteiger partial charge >= 0.3 is 0 Å². The van der Waals surface area contributed by atoms with E-state index in [2.05, 4.69) is 16.4 Å². The predicted molar refractivity (Wildman–Crippen MR) is 54.4 cm³/mol.